The molecule has 0 saturated carbocycles. The van der Waals surface area contributed by atoms with Gasteiger partial charge in [0.05, 0.1) is 6.61 Å². The maximum atomic E-state index is 7.15. The van der Waals surface area contributed by atoms with Crippen LogP contribution >= 0.6 is 0 Å². The first-order valence-corrected chi connectivity index (χ1v) is 23.2. The fourth-order valence-corrected chi connectivity index (χ4v) is 7.17. The third-order valence-corrected chi connectivity index (χ3v) is 18.9. The van der Waals surface area contributed by atoms with Crippen molar-refractivity contribution in [3.8, 4) is 0 Å². The summed E-state index contributed by atoms with van der Waals surface area (Å²) in [4.78, 5) is 5.20. The lowest BCUT2D eigenvalue weighted by Gasteiger charge is -2.45. The quantitative estimate of drug-likeness (QED) is 0.0921. The standard InChI is InChI=1S/C37H67NO3Si2/c1-12-13-14-15-16-17-18-19-20-21-22-26-29-33-34(41-43(10,11)37(5,6)7)32(30-39-42(8,9)36(2,3)4)38-35(40-33)31-27-24-23-25-28-31/h23-29,32-34H,12-22,30H2,1-11H3/b29-26+/t32-,33-,34+/m0/s1. The van der Waals surface area contributed by atoms with Crippen molar-refractivity contribution in [1.82, 2.24) is 0 Å². The Morgan fingerprint density at radius 2 is 1.30 bits per heavy atom. The van der Waals surface area contributed by atoms with E-state index >= 15 is 0 Å². The van der Waals surface area contributed by atoms with Crippen molar-refractivity contribution in [3.63, 3.8) is 0 Å². The summed E-state index contributed by atoms with van der Waals surface area (Å²) in [5.74, 6) is 0.702. The zero-order valence-corrected chi connectivity index (χ0v) is 31.9. The van der Waals surface area contributed by atoms with Crippen LogP contribution < -0.4 is 0 Å². The molecule has 0 amide bonds. The minimum absolute atomic E-state index is 0.0888. The summed E-state index contributed by atoms with van der Waals surface area (Å²) in [5, 5.41) is 0.222. The minimum atomic E-state index is -2.10. The molecule has 0 aliphatic carbocycles. The smallest absolute Gasteiger partial charge is 0.217 e. The number of unbranched alkanes of at least 4 members (excludes halogenated alkanes) is 10. The summed E-state index contributed by atoms with van der Waals surface area (Å²) in [6.07, 6.45) is 18.9. The molecule has 0 bridgehead atoms. The van der Waals surface area contributed by atoms with E-state index < -0.39 is 16.6 Å². The number of ether oxygens (including phenoxy) is 1. The van der Waals surface area contributed by atoms with Gasteiger partial charge >= 0.3 is 0 Å². The van der Waals surface area contributed by atoms with E-state index in [0.717, 1.165) is 12.0 Å². The third-order valence-electron chi connectivity index (χ3n) is 9.96. The Labute approximate surface area is 268 Å². The molecule has 3 atom stereocenters. The molecule has 1 heterocycles. The topological polar surface area (TPSA) is 40.0 Å². The highest BCUT2D eigenvalue weighted by atomic mass is 28.4. The fourth-order valence-electron chi connectivity index (χ4n) is 4.83. The molecule has 0 radical (unpaired) electrons. The molecule has 0 aromatic heterocycles. The van der Waals surface area contributed by atoms with Gasteiger partial charge in [0.25, 0.3) is 0 Å². The monoisotopic (exact) mass is 629 g/mol. The van der Waals surface area contributed by atoms with E-state index in [1.807, 2.05) is 6.07 Å². The van der Waals surface area contributed by atoms with Crippen molar-refractivity contribution >= 4 is 22.5 Å². The maximum Gasteiger partial charge on any atom is 0.217 e. The average Bonchev–Trinajstić information content (AvgIpc) is 2.92. The molecule has 0 fully saturated rings. The highest BCUT2D eigenvalue weighted by Gasteiger charge is 2.46. The van der Waals surface area contributed by atoms with E-state index in [1.54, 1.807) is 0 Å². The Morgan fingerprint density at radius 1 is 0.767 bits per heavy atom. The second kappa shape index (κ2) is 17.5. The third kappa shape index (κ3) is 12.6. The molecule has 2 rings (SSSR count). The highest BCUT2D eigenvalue weighted by molar-refractivity contribution is 6.74. The van der Waals surface area contributed by atoms with Gasteiger partial charge in [0.15, 0.2) is 16.6 Å². The van der Waals surface area contributed by atoms with E-state index in [1.165, 1.54) is 64.2 Å². The van der Waals surface area contributed by atoms with Crippen molar-refractivity contribution in [2.24, 2.45) is 4.99 Å². The number of rotatable bonds is 18. The van der Waals surface area contributed by atoms with Crippen molar-refractivity contribution in [1.29, 1.82) is 0 Å². The van der Waals surface area contributed by atoms with Gasteiger partial charge in [0.2, 0.25) is 5.90 Å². The lowest BCUT2D eigenvalue weighted by Crippen LogP contribution is -2.55. The van der Waals surface area contributed by atoms with Crippen LogP contribution in [-0.2, 0) is 13.6 Å². The predicted octanol–water partition coefficient (Wildman–Crippen LogP) is 11.5. The fraction of sp³-hybridized carbons (Fsp3) is 0.757. The molecular formula is C37H67NO3Si2. The van der Waals surface area contributed by atoms with Gasteiger partial charge in [-0.15, -0.1) is 0 Å². The molecule has 246 valence electrons. The van der Waals surface area contributed by atoms with E-state index in [0.29, 0.717) is 12.5 Å². The zero-order valence-electron chi connectivity index (χ0n) is 29.9. The molecule has 1 aliphatic rings. The van der Waals surface area contributed by atoms with Crippen molar-refractivity contribution < 1.29 is 13.6 Å². The van der Waals surface area contributed by atoms with Crippen molar-refractivity contribution in [2.75, 3.05) is 6.61 Å². The van der Waals surface area contributed by atoms with E-state index in [4.69, 9.17) is 18.6 Å². The van der Waals surface area contributed by atoms with Gasteiger partial charge in [0, 0.05) is 5.56 Å². The number of aliphatic imine (C=N–C) groups is 1. The second-order valence-electron chi connectivity index (χ2n) is 15.8. The van der Waals surface area contributed by atoms with Gasteiger partial charge in [0.1, 0.15) is 18.2 Å². The first-order valence-electron chi connectivity index (χ1n) is 17.4. The Hall–Kier alpha value is -1.22. The number of allylic oxidation sites excluding steroid dienone is 1. The number of benzene rings is 1. The first-order chi connectivity index (χ1) is 20.1. The Kier molecular flexibility index (Phi) is 15.4. The average molecular weight is 630 g/mol. The summed E-state index contributed by atoms with van der Waals surface area (Å²) < 4.78 is 20.6. The number of nitrogens with zero attached hydrogens (tertiary/aromatic N) is 1. The Balaban J connectivity index is 2.19. The van der Waals surface area contributed by atoms with Gasteiger partial charge in [-0.2, -0.15) is 0 Å². The van der Waals surface area contributed by atoms with Gasteiger partial charge in [-0.1, -0.05) is 131 Å². The maximum absolute atomic E-state index is 7.15. The molecular weight excluding hydrogens is 563 g/mol. The number of hydrogen-bond acceptors (Lipinski definition) is 4. The van der Waals surface area contributed by atoms with E-state index in [9.17, 15) is 0 Å². The van der Waals surface area contributed by atoms with Crippen LogP contribution in [0.3, 0.4) is 0 Å². The Morgan fingerprint density at radius 3 is 1.84 bits per heavy atom. The van der Waals surface area contributed by atoms with Crippen LogP contribution in [0.5, 0.6) is 0 Å². The van der Waals surface area contributed by atoms with Gasteiger partial charge in [-0.3, -0.25) is 0 Å². The Bertz CT molecular complexity index is 976. The lowest BCUT2D eigenvalue weighted by atomic mass is 10.0. The summed E-state index contributed by atoms with van der Waals surface area (Å²) >= 11 is 0. The lowest BCUT2D eigenvalue weighted by molar-refractivity contribution is 0.0190. The second-order valence-corrected chi connectivity index (χ2v) is 25.3. The van der Waals surface area contributed by atoms with E-state index in [2.05, 4.69) is 111 Å². The zero-order chi connectivity index (χ0) is 32.2. The van der Waals surface area contributed by atoms with Crippen LogP contribution in [-0.4, -0.2) is 47.4 Å². The molecule has 43 heavy (non-hydrogen) atoms. The largest absolute Gasteiger partial charge is 0.467 e. The summed E-state index contributed by atoms with van der Waals surface area (Å²) in [7, 11) is -4.07. The summed E-state index contributed by atoms with van der Waals surface area (Å²) in [6.45, 7) is 26.0. The van der Waals surface area contributed by atoms with Crippen molar-refractivity contribution in [2.45, 2.75) is 174 Å². The SMILES string of the molecule is CCCCCCCCCCCC/C=C/[C@@H]1OC(c2ccccc2)=N[C@@H](CO[Si](C)(C)C(C)(C)C)[C@H]1O[Si](C)(C)C(C)(C)C. The van der Waals surface area contributed by atoms with Gasteiger partial charge < -0.3 is 13.6 Å². The normalized spacial score (nSPS) is 20.3. The molecule has 0 N–H and O–H groups in total. The van der Waals surface area contributed by atoms with Crippen molar-refractivity contribution in [3.05, 3.63) is 48.0 Å². The molecule has 0 saturated heterocycles. The van der Waals surface area contributed by atoms with Crippen LogP contribution in [0.1, 0.15) is 125 Å². The predicted molar refractivity (Wildman–Crippen MR) is 192 cm³/mol. The summed E-state index contributed by atoms with van der Waals surface area (Å²) in [6, 6.07) is 10.2. The van der Waals surface area contributed by atoms with Gasteiger partial charge in [-0.05, 0) is 67.3 Å². The highest BCUT2D eigenvalue weighted by Crippen LogP contribution is 2.40. The molecule has 1 aliphatic heterocycles. The molecule has 4 nitrogen and oxygen atoms in total. The van der Waals surface area contributed by atoms with E-state index in [-0.39, 0.29) is 28.3 Å². The van der Waals surface area contributed by atoms with Crippen LogP contribution in [0.15, 0.2) is 47.5 Å². The first kappa shape index (κ1) is 38.0. The van der Waals surface area contributed by atoms with Crippen LogP contribution in [0.4, 0.5) is 0 Å². The molecule has 1 aromatic rings. The molecule has 0 unspecified atom stereocenters. The minimum Gasteiger partial charge on any atom is -0.467 e. The van der Waals surface area contributed by atoms with Gasteiger partial charge in [-0.25, -0.2) is 4.99 Å². The van der Waals surface area contributed by atoms with Crippen LogP contribution in [0.2, 0.25) is 36.3 Å². The molecule has 0 spiro atoms. The number of hydrogen-bond donors (Lipinski definition) is 0. The summed E-state index contributed by atoms with van der Waals surface area (Å²) in [5.41, 5.74) is 1.01. The molecule has 1 aromatic carbocycles. The molecule has 6 heteroatoms. The van der Waals surface area contributed by atoms with Crippen LogP contribution in [0.25, 0.3) is 0 Å². The van der Waals surface area contributed by atoms with Crippen LogP contribution in [0, 0.1) is 0 Å².